The van der Waals surface area contributed by atoms with Gasteiger partial charge in [-0.1, -0.05) is 111 Å². The van der Waals surface area contributed by atoms with Crippen LogP contribution in [0.4, 0.5) is 0 Å². The highest BCUT2D eigenvalue weighted by Gasteiger charge is 2.22. The van der Waals surface area contributed by atoms with Crippen LogP contribution in [0.15, 0.2) is 0 Å². The minimum Gasteiger partial charge on any atom is -0.337 e. The first kappa shape index (κ1) is 27.5. The lowest BCUT2D eigenvalue weighted by Crippen LogP contribution is -2.44. The lowest BCUT2D eigenvalue weighted by molar-refractivity contribution is -0.135. The quantitative estimate of drug-likeness (QED) is 0.189. The molecule has 0 aliphatic carbocycles. The van der Waals surface area contributed by atoms with Crippen molar-refractivity contribution in [2.45, 2.75) is 162 Å². The van der Waals surface area contributed by atoms with Crippen LogP contribution < -0.4 is 0 Å². The topological polar surface area (TPSA) is 20.3 Å². The molecule has 0 heterocycles. The van der Waals surface area contributed by atoms with Crippen molar-refractivity contribution >= 4 is 5.91 Å². The van der Waals surface area contributed by atoms with Gasteiger partial charge in [-0.15, -0.1) is 0 Å². The zero-order valence-corrected chi connectivity index (χ0v) is 20.2. The van der Waals surface area contributed by atoms with E-state index in [1.165, 1.54) is 89.9 Å². The van der Waals surface area contributed by atoms with Crippen LogP contribution in [0.1, 0.15) is 150 Å². The van der Waals surface area contributed by atoms with Gasteiger partial charge in [0.05, 0.1) is 0 Å². The Morgan fingerprint density at radius 3 is 1.21 bits per heavy atom. The summed E-state index contributed by atoms with van der Waals surface area (Å²) in [6.07, 6.45) is 23.4. The van der Waals surface area contributed by atoms with E-state index in [9.17, 15) is 4.79 Å². The molecule has 0 radical (unpaired) electrons. The molecule has 2 nitrogen and oxygen atoms in total. The van der Waals surface area contributed by atoms with E-state index >= 15 is 0 Å². The van der Waals surface area contributed by atoms with Gasteiger partial charge >= 0.3 is 0 Å². The fourth-order valence-corrected chi connectivity index (χ4v) is 4.10. The summed E-state index contributed by atoms with van der Waals surface area (Å²) in [5.41, 5.74) is 0. The van der Waals surface area contributed by atoms with Gasteiger partial charge in [-0.3, -0.25) is 4.79 Å². The van der Waals surface area contributed by atoms with Crippen molar-refractivity contribution in [3.63, 3.8) is 0 Å². The first-order valence-corrected chi connectivity index (χ1v) is 12.9. The Hall–Kier alpha value is -0.530. The lowest BCUT2D eigenvalue weighted by Gasteiger charge is -2.34. The molecular weight excluding hydrogens is 342 g/mol. The molecule has 2 heteroatoms. The minimum absolute atomic E-state index is 0.374. The fraction of sp³-hybridized carbons (Fsp3) is 0.962. The van der Waals surface area contributed by atoms with Crippen LogP contribution in [0.2, 0.25) is 0 Å². The molecule has 0 bridgehead atoms. The Balaban J connectivity index is 3.52. The van der Waals surface area contributed by atoms with Crippen LogP contribution in [0.5, 0.6) is 0 Å². The number of carbonyl (C=O) groups excluding carboxylic acids is 1. The summed E-state index contributed by atoms with van der Waals surface area (Å²) in [4.78, 5) is 14.7. The van der Waals surface area contributed by atoms with Crippen molar-refractivity contribution in [2.24, 2.45) is 0 Å². The smallest absolute Gasteiger partial charge is 0.223 e. The van der Waals surface area contributed by atoms with Crippen LogP contribution >= 0.6 is 0 Å². The molecule has 0 fully saturated rings. The van der Waals surface area contributed by atoms with Crippen LogP contribution in [0, 0.1) is 0 Å². The molecule has 0 aliphatic rings. The molecule has 0 N–H and O–H groups in total. The molecule has 0 aromatic heterocycles. The Kier molecular flexibility index (Phi) is 19.4. The van der Waals surface area contributed by atoms with Gasteiger partial charge in [0.1, 0.15) is 0 Å². The summed E-state index contributed by atoms with van der Waals surface area (Å²) in [5, 5.41) is 0. The third-order valence-corrected chi connectivity index (χ3v) is 6.41. The van der Waals surface area contributed by atoms with Gasteiger partial charge in [-0.05, 0) is 33.1 Å². The third kappa shape index (κ3) is 14.5. The molecule has 0 aromatic carbocycles. The van der Waals surface area contributed by atoms with Crippen LogP contribution in [0.25, 0.3) is 0 Å². The summed E-state index contributed by atoms with van der Waals surface area (Å²) < 4.78 is 0. The summed E-state index contributed by atoms with van der Waals surface area (Å²) >= 11 is 0. The van der Waals surface area contributed by atoms with Crippen molar-refractivity contribution in [3.8, 4) is 0 Å². The second-order valence-electron chi connectivity index (χ2n) is 9.02. The maximum absolute atomic E-state index is 12.6. The third-order valence-electron chi connectivity index (χ3n) is 6.41. The number of rotatable bonds is 20. The monoisotopic (exact) mass is 395 g/mol. The van der Waals surface area contributed by atoms with E-state index in [1.807, 2.05) is 0 Å². The summed E-state index contributed by atoms with van der Waals surface area (Å²) in [6, 6.07) is 0.748. The number of hydrogen-bond donors (Lipinski definition) is 0. The molecule has 0 aliphatic heterocycles. The number of amides is 1. The van der Waals surface area contributed by atoms with Gasteiger partial charge in [-0.2, -0.15) is 0 Å². The van der Waals surface area contributed by atoms with E-state index in [1.54, 1.807) is 0 Å². The van der Waals surface area contributed by atoms with E-state index in [2.05, 4.69) is 39.5 Å². The van der Waals surface area contributed by atoms with Crippen molar-refractivity contribution in [1.29, 1.82) is 0 Å². The van der Waals surface area contributed by atoms with E-state index in [-0.39, 0.29) is 0 Å². The van der Waals surface area contributed by atoms with E-state index in [0.717, 1.165) is 25.7 Å². The number of hydrogen-bond acceptors (Lipinski definition) is 1. The van der Waals surface area contributed by atoms with E-state index in [4.69, 9.17) is 0 Å². The Morgan fingerprint density at radius 1 is 0.571 bits per heavy atom. The Labute approximate surface area is 178 Å². The Bertz CT molecular complexity index is 331. The predicted molar refractivity (Wildman–Crippen MR) is 126 cm³/mol. The average molecular weight is 396 g/mol. The molecule has 2 atom stereocenters. The number of carbonyl (C=O) groups is 1. The maximum atomic E-state index is 12.6. The van der Waals surface area contributed by atoms with Gasteiger partial charge in [-0.25, -0.2) is 0 Å². The van der Waals surface area contributed by atoms with Crippen molar-refractivity contribution in [3.05, 3.63) is 0 Å². The van der Waals surface area contributed by atoms with Crippen molar-refractivity contribution in [2.75, 3.05) is 0 Å². The van der Waals surface area contributed by atoms with E-state index in [0.29, 0.717) is 18.0 Å². The predicted octanol–water partition coefficient (Wildman–Crippen LogP) is 8.67. The standard InChI is InChI=1S/C26H53NO/c1-6-9-10-11-12-13-14-15-16-17-18-19-20-21-22-23-26(28)27(24(4)7-2)25(5)8-3/h24-25H,6-23H2,1-5H3. The molecule has 0 aromatic rings. The fourth-order valence-electron chi connectivity index (χ4n) is 4.10. The highest BCUT2D eigenvalue weighted by atomic mass is 16.2. The van der Waals surface area contributed by atoms with Crippen LogP contribution in [0.3, 0.4) is 0 Å². The highest BCUT2D eigenvalue weighted by Crippen LogP contribution is 2.17. The molecule has 0 spiro atoms. The molecular formula is C26H53NO. The minimum atomic E-state index is 0.374. The number of nitrogens with zero attached hydrogens (tertiary/aromatic N) is 1. The highest BCUT2D eigenvalue weighted by molar-refractivity contribution is 5.76. The molecule has 1 amide bonds. The largest absolute Gasteiger partial charge is 0.337 e. The summed E-state index contributed by atoms with van der Waals surface area (Å²) in [6.45, 7) is 11.0. The van der Waals surface area contributed by atoms with E-state index < -0.39 is 0 Å². The SMILES string of the molecule is CCCCCCCCCCCCCCCCCC(=O)N(C(C)CC)C(C)CC. The maximum Gasteiger partial charge on any atom is 0.223 e. The van der Waals surface area contributed by atoms with Gasteiger partial charge in [0.25, 0.3) is 0 Å². The molecule has 0 saturated heterocycles. The Morgan fingerprint density at radius 2 is 0.893 bits per heavy atom. The second kappa shape index (κ2) is 19.8. The molecule has 0 rings (SSSR count). The zero-order valence-electron chi connectivity index (χ0n) is 20.2. The van der Waals surface area contributed by atoms with Gasteiger partial charge in [0, 0.05) is 18.5 Å². The normalized spacial score (nSPS) is 13.5. The molecule has 2 unspecified atom stereocenters. The van der Waals surface area contributed by atoms with Crippen LogP contribution in [-0.4, -0.2) is 22.9 Å². The molecule has 0 saturated carbocycles. The van der Waals surface area contributed by atoms with Gasteiger partial charge < -0.3 is 4.90 Å². The molecule has 28 heavy (non-hydrogen) atoms. The second-order valence-corrected chi connectivity index (χ2v) is 9.02. The lowest BCUT2D eigenvalue weighted by atomic mass is 10.0. The van der Waals surface area contributed by atoms with Gasteiger partial charge in [0.2, 0.25) is 5.91 Å². The zero-order chi connectivity index (χ0) is 21.0. The first-order chi connectivity index (χ1) is 13.6. The van der Waals surface area contributed by atoms with Crippen molar-refractivity contribution in [1.82, 2.24) is 4.90 Å². The summed E-state index contributed by atoms with van der Waals surface area (Å²) in [5.74, 6) is 0.374. The average Bonchev–Trinajstić information content (AvgIpc) is 2.70. The van der Waals surface area contributed by atoms with Gasteiger partial charge in [0.15, 0.2) is 0 Å². The van der Waals surface area contributed by atoms with Crippen LogP contribution in [-0.2, 0) is 4.79 Å². The summed E-state index contributed by atoms with van der Waals surface area (Å²) in [7, 11) is 0. The van der Waals surface area contributed by atoms with Crippen molar-refractivity contribution < 1.29 is 4.79 Å². The number of unbranched alkanes of at least 4 members (excludes halogenated alkanes) is 14. The first-order valence-electron chi connectivity index (χ1n) is 12.9. The molecule has 168 valence electrons.